The van der Waals surface area contributed by atoms with E-state index >= 15 is 0 Å². The predicted molar refractivity (Wildman–Crippen MR) is 100 cm³/mol. The van der Waals surface area contributed by atoms with Gasteiger partial charge in [0.15, 0.2) is 0 Å². The van der Waals surface area contributed by atoms with Crippen LogP contribution < -0.4 is 5.32 Å². The molecule has 7 heteroatoms. The Labute approximate surface area is 153 Å². The quantitative estimate of drug-likeness (QED) is 0.893. The van der Waals surface area contributed by atoms with Crippen LogP contribution in [0.1, 0.15) is 35.0 Å². The van der Waals surface area contributed by atoms with Gasteiger partial charge < -0.3 is 15.1 Å². The van der Waals surface area contributed by atoms with Gasteiger partial charge in [0.2, 0.25) is 0 Å². The molecule has 25 heavy (non-hydrogen) atoms. The summed E-state index contributed by atoms with van der Waals surface area (Å²) in [6.45, 7) is 9.08. The molecule has 0 aromatic carbocycles. The lowest BCUT2D eigenvalue weighted by atomic mass is 9.92. The van der Waals surface area contributed by atoms with Crippen molar-refractivity contribution in [3.63, 3.8) is 0 Å². The van der Waals surface area contributed by atoms with E-state index in [0.29, 0.717) is 0 Å². The second-order valence-electron chi connectivity index (χ2n) is 7.02. The lowest BCUT2D eigenvalue weighted by Gasteiger charge is -2.45. The van der Waals surface area contributed by atoms with Crippen LogP contribution >= 0.6 is 11.3 Å². The fourth-order valence-corrected chi connectivity index (χ4v) is 4.97. The Kier molecular flexibility index (Phi) is 5.34. The molecule has 2 saturated heterocycles. The summed E-state index contributed by atoms with van der Waals surface area (Å²) in [7, 11) is 1.69. The SMILES string of the molecule is CCC1(N2CCN(C(=O)c3sccc3C)CC2)CCN(C(=O)NC)C1. The van der Waals surface area contributed by atoms with Crippen molar-refractivity contribution in [2.75, 3.05) is 46.3 Å². The number of nitrogens with one attached hydrogen (secondary N) is 1. The second-order valence-corrected chi connectivity index (χ2v) is 7.93. The summed E-state index contributed by atoms with van der Waals surface area (Å²) in [6.07, 6.45) is 2.04. The molecule has 2 aliphatic rings. The van der Waals surface area contributed by atoms with Gasteiger partial charge in [-0.15, -0.1) is 11.3 Å². The van der Waals surface area contributed by atoms with Gasteiger partial charge in [-0.1, -0.05) is 6.92 Å². The average Bonchev–Trinajstić information content (AvgIpc) is 3.28. The molecule has 3 amide bonds. The normalized spacial score (nSPS) is 24.6. The molecule has 0 aliphatic carbocycles. The standard InChI is InChI=1S/C18H28N4O2S/c1-4-18(6-7-21(13-18)17(24)19-3)22-10-8-20(9-11-22)16(23)15-14(2)5-12-25-15/h5,12H,4,6-11,13H2,1-3H3,(H,19,24). The number of hydrogen-bond acceptors (Lipinski definition) is 4. The van der Waals surface area contributed by atoms with Gasteiger partial charge in [0.25, 0.3) is 5.91 Å². The Bertz CT molecular complexity index is 639. The van der Waals surface area contributed by atoms with Crippen molar-refractivity contribution in [2.45, 2.75) is 32.2 Å². The van der Waals surface area contributed by atoms with Crippen molar-refractivity contribution in [3.05, 3.63) is 21.9 Å². The van der Waals surface area contributed by atoms with E-state index in [-0.39, 0.29) is 17.5 Å². The van der Waals surface area contributed by atoms with Gasteiger partial charge in [-0.2, -0.15) is 0 Å². The first-order chi connectivity index (χ1) is 12.0. The Balaban J connectivity index is 1.62. The Morgan fingerprint density at radius 2 is 1.92 bits per heavy atom. The van der Waals surface area contributed by atoms with Crippen LogP contribution in [-0.2, 0) is 0 Å². The highest BCUT2D eigenvalue weighted by atomic mass is 32.1. The number of rotatable bonds is 3. The minimum atomic E-state index is 0.0114. The fourth-order valence-electron chi connectivity index (χ4n) is 4.08. The Morgan fingerprint density at radius 3 is 2.48 bits per heavy atom. The molecule has 1 N–H and O–H groups in total. The molecular weight excluding hydrogens is 336 g/mol. The maximum absolute atomic E-state index is 12.7. The van der Waals surface area contributed by atoms with Crippen molar-refractivity contribution >= 4 is 23.3 Å². The zero-order valence-corrected chi connectivity index (χ0v) is 16.2. The first-order valence-corrected chi connectivity index (χ1v) is 9.94. The van der Waals surface area contributed by atoms with Gasteiger partial charge in [0.1, 0.15) is 0 Å². The first-order valence-electron chi connectivity index (χ1n) is 9.06. The van der Waals surface area contributed by atoms with Crippen LogP contribution in [0.25, 0.3) is 0 Å². The molecule has 1 aromatic heterocycles. The minimum absolute atomic E-state index is 0.0114. The van der Waals surface area contributed by atoms with Crippen LogP contribution in [0.3, 0.4) is 0 Å². The van der Waals surface area contributed by atoms with Gasteiger partial charge in [-0.05, 0) is 36.8 Å². The monoisotopic (exact) mass is 364 g/mol. The molecule has 0 radical (unpaired) electrons. The van der Waals surface area contributed by atoms with E-state index < -0.39 is 0 Å². The van der Waals surface area contributed by atoms with E-state index in [1.165, 1.54) is 11.3 Å². The largest absolute Gasteiger partial charge is 0.341 e. The third-order valence-corrected chi connectivity index (χ3v) is 6.79. The van der Waals surface area contributed by atoms with Crippen molar-refractivity contribution in [1.82, 2.24) is 20.0 Å². The zero-order valence-electron chi connectivity index (χ0n) is 15.4. The number of aryl methyl sites for hydroxylation is 1. The molecule has 138 valence electrons. The third kappa shape index (κ3) is 3.40. The number of hydrogen-bond donors (Lipinski definition) is 1. The summed E-state index contributed by atoms with van der Waals surface area (Å²) in [6, 6.07) is 2.02. The maximum Gasteiger partial charge on any atom is 0.317 e. The van der Waals surface area contributed by atoms with Crippen molar-refractivity contribution < 1.29 is 9.59 Å². The molecule has 0 spiro atoms. The van der Waals surface area contributed by atoms with Gasteiger partial charge in [0.05, 0.1) is 4.88 Å². The van der Waals surface area contributed by atoms with Crippen LogP contribution in [0.2, 0.25) is 0 Å². The molecule has 1 aromatic rings. The fraction of sp³-hybridized carbons (Fsp3) is 0.667. The highest BCUT2D eigenvalue weighted by Crippen LogP contribution is 2.32. The number of thiophene rings is 1. The van der Waals surface area contributed by atoms with E-state index in [1.54, 1.807) is 7.05 Å². The summed E-state index contributed by atoms with van der Waals surface area (Å²) >= 11 is 1.53. The van der Waals surface area contributed by atoms with E-state index in [9.17, 15) is 9.59 Å². The van der Waals surface area contributed by atoms with Crippen LogP contribution in [0.4, 0.5) is 4.79 Å². The molecular formula is C18H28N4O2S. The van der Waals surface area contributed by atoms with Crippen LogP contribution in [0.5, 0.6) is 0 Å². The van der Waals surface area contributed by atoms with E-state index in [4.69, 9.17) is 0 Å². The van der Waals surface area contributed by atoms with Gasteiger partial charge in [-0.3, -0.25) is 9.69 Å². The predicted octanol–water partition coefficient (Wildman–Crippen LogP) is 2.01. The Hall–Kier alpha value is -1.60. The van der Waals surface area contributed by atoms with E-state index in [0.717, 1.165) is 62.6 Å². The molecule has 0 bridgehead atoms. The highest BCUT2D eigenvalue weighted by molar-refractivity contribution is 7.12. The molecule has 3 heterocycles. The van der Waals surface area contributed by atoms with Crippen LogP contribution in [-0.4, -0.2) is 78.5 Å². The number of carbonyl (C=O) groups is 2. The smallest absolute Gasteiger partial charge is 0.317 e. The molecule has 3 rings (SSSR count). The highest BCUT2D eigenvalue weighted by Gasteiger charge is 2.44. The molecule has 6 nitrogen and oxygen atoms in total. The molecule has 0 saturated carbocycles. The number of likely N-dealkylation sites (tertiary alicyclic amines) is 1. The van der Waals surface area contributed by atoms with Crippen LogP contribution in [0, 0.1) is 6.92 Å². The van der Waals surface area contributed by atoms with Crippen molar-refractivity contribution in [2.24, 2.45) is 0 Å². The van der Waals surface area contributed by atoms with E-state index in [1.807, 2.05) is 28.2 Å². The summed E-state index contributed by atoms with van der Waals surface area (Å²) in [5, 5.41) is 4.71. The maximum atomic E-state index is 12.7. The molecule has 2 aliphatic heterocycles. The average molecular weight is 365 g/mol. The van der Waals surface area contributed by atoms with Crippen molar-refractivity contribution in [3.8, 4) is 0 Å². The summed E-state index contributed by atoms with van der Waals surface area (Å²) < 4.78 is 0. The third-order valence-electron chi connectivity index (χ3n) is 5.79. The van der Waals surface area contributed by atoms with Crippen LogP contribution in [0.15, 0.2) is 11.4 Å². The molecule has 1 atom stereocenters. The number of carbonyl (C=O) groups excluding carboxylic acids is 2. The minimum Gasteiger partial charge on any atom is -0.341 e. The van der Waals surface area contributed by atoms with E-state index in [2.05, 4.69) is 17.1 Å². The zero-order chi connectivity index (χ0) is 18.0. The molecule has 2 fully saturated rings. The van der Waals surface area contributed by atoms with Gasteiger partial charge >= 0.3 is 6.03 Å². The number of urea groups is 1. The summed E-state index contributed by atoms with van der Waals surface area (Å²) in [5.74, 6) is 0.163. The van der Waals surface area contributed by atoms with Gasteiger partial charge in [0, 0.05) is 51.9 Å². The summed E-state index contributed by atoms with van der Waals surface area (Å²) in [4.78, 5) is 31.9. The van der Waals surface area contributed by atoms with Crippen molar-refractivity contribution in [1.29, 1.82) is 0 Å². The topological polar surface area (TPSA) is 55.9 Å². The number of piperazine rings is 1. The molecule has 1 unspecified atom stereocenters. The number of amides is 3. The summed E-state index contributed by atoms with van der Waals surface area (Å²) in [5.41, 5.74) is 1.13. The lowest BCUT2D eigenvalue weighted by Crippen LogP contribution is -2.59. The lowest BCUT2D eigenvalue weighted by molar-refractivity contribution is 0.0303. The first kappa shape index (κ1) is 18.2. The Morgan fingerprint density at radius 1 is 1.20 bits per heavy atom. The number of nitrogens with zero attached hydrogens (tertiary/aromatic N) is 3. The van der Waals surface area contributed by atoms with Gasteiger partial charge in [-0.25, -0.2) is 4.79 Å². The second kappa shape index (κ2) is 7.33.